The molecule has 0 radical (unpaired) electrons. The fourth-order valence-electron chi connectivity index (χ4n) is 1.14. The van der Waals surface area contributed by atoms with Gasteiger partial charge in [-0.1, -0.05) is 13.8 Å². The largest absolute Gasteiger partial charge is 0.375 e. The molecule has 0 spiro atoms. The van der Waals surface area contributed by atoms with E-state index in [9.17, 15) is 0 Å². The van der Waals surface area contributed by atoms with Crippen LogP contribution in [-0.4, -0.2) is 18.0 Å². The molecule has 74 valence electrons. The summed E-state index contributed by atoms with van der Waals surface area (Å²) in [4.78, 5) is 0. The Balaban J connectivity index is 3.78. The van der Waals surface area contributed by atoms with Crippen molar-refractivity contribution in [2.75, 3.05) is 12.4 Å². The van der Waals surface area contributed by atoms with Crippen LogP contribution in [0.3, 0.4) is 0 Å². The molecule has 0 saturated heterocycles. The average Bonchev–Trinajstić information content (AvgIpc) is 2.02. The predicted octanol–water partition coefficient (Wildman–Crippen LogP) is 3.15. The molecule has 2 heteroatoms. The zero-order valence-corrected chi connectivity index (χ0v) is 9.66. The molecule has 0 aromatic rings. The maximum Gasteiger partial charge on any atom is 0.0741 e. The highest BCUT2D eigenvalue weighted by molar-refractivity contribution is 7.80. The summed E-state index contributed by atoms with van der Waals surface area (Å²) in [5.74, 6) is 1.57. The SMILES string of the molecule is CCOC(C)(CS)CCC(C)C. The summed E-state index contributed by atoms with van der Waals surface area (Å²) in [5.41, 5.74) is -0.0118. The fourth-order valence-corrected chi connectivity index (χ4v) is 1.39. The Morgan fingerprint density at radius 2 is 2.00 bits per heavy atom. The molecule has 0 heterocycles. The highest BCUT2D eigenvalue weighted by Crippen LogP contribution is 2.21. The Labute approximate surface area is 82.3 Å². The predicted molar refractivity (Wildman–Crippen MR) is 58.0 cm³/mol. The van der Waals surface area contributed by atoms with Crippen molar-refractivity contribution in [2.45, 2.75) is 46.1 Å². The summed E-state index contributed by atoms with van der Waals surface area (Å²) < 4.78 is 5.65. The topological polar surface area (TPSA) is 9.23 Å². The van der Waals surface area contributed by atoms with Crippen molar-refractivity contribution >= 4 is 12.6 Å². The third kappa shape index (κ3) is 5.04. The normalized spacial score (nSPS) is 16.5. The van der Waals surface area contributed by atoms with Crippen molar-refractivity contribution in [1.82, 2.24) is 0 Å². The van der Waals surface area contributed by atoms with Gasteiger partial charge in [0.1, 0.15) is 0 Å². The van der Waals surface area contributed by atoms with Crippen molar-refractivity contribution < 1.29 is 4.74 Å². The molecule has 0 aliphatic rings. The molecule has 1 nitrogen and oxygen atoms in total. The first-order chi connectivity index (χ1) is 5.54. The van der Waals surface area contributed by atoms with Crippen LogP contribution in [0.25, 0.3) is 0 Å². The number of hydrogen-bond donors (Lipinski definition) is 1. The van der Waals surface area contributed by atoms with Crippen molar-refractivity contribution in [1.29, 1.82) is 0 Å². The van der Waals surface area contributed by atoms with Crippen molar-refractivity contribution in [3.8, 4) is 0 Å². The third-order valence-electron chi connectivity index (χ3n) is 2.08. The van der Waals surface area contributed by atoms with Crippen LogP contribution in [0.1, 0.15) is 40.5 Å². The van der Waals surface area contributed by atoms with Gasteiger partial charge < -0.3 is 4.74 Å². The molecule has 1 atom stereocenters. The average molecular weight is 190 g/mol. The smallest absolute Gasteiger partial charge is 0.0741 e. The minimum Gasteiger partial charge on any atom is -0.375 e. The van der Waals surface area contributed by atoms with Crippen LogP contribution in [0.2, 0.25) is 0 Å². The molecule has 0 aliphatic heterocycles. The zero-order chi connectivity index (χ0) is 9.61. The van der Waals surface area contributed by atoms with E-state index in [2.05, 4.69) is 33.4 Å². The van der Waals surface area contributed by atoms with Crippen LogP contribution in [0.15, 0.2) is 0 Å². The van der Waals surface area contributed by atoms with Gasteiger partial charge in [0, 0.05) is 12.4 Å². The third-order valence-corrected chi connectivity index (χ3v) is 2.75. The standard InChI is InChI=1S/C10H22OS/c1-5-11-10(4,8-12)7-6-9(2)3/h9,12H,5-8H2,1-4H3. The van der Waals surface area contributed by atoms with Gasteiger partial charge in [-0.3, -0.25) is 0 Å². The maximum absolute atomic E-state index is 5.65. The molecule has 1 unspecified atom stereocenters. The molecule has 0 saturated carbocycles. The zero-order valence-electron chi connectivity index (χ0n) is 8.76. The van der Waals surface area contributed by atoms with Crippen LogP contribution in [-0.2, 0) is 4.74 Å². The summed E-state index contributed by atoms with van der Waals surface area (Å²) in [6.45, 7) is 9.45. The molecule has 0 aromatic heterocycles. The molecule has 0 aliphatic carbocycles. The van der Waals surface area contributed by atoms with Gasteiger partial charge in [-0.25, -0.2) is 0 Å². The van der Waals surface area contributed by atoms with E-state index in [4.69, 9.17) is 4.74 Å². The first-order valence-corrected chi connectivity index (χ1v) is 5.42. The summed E-state index contributed by atoms with van der Waals surface area (Å²) in [7, 11) is 0. The molecular formula is C10H22OS. The first-order valence-electron chi connectivity index (χ1n) is 4.79. The second-order valence-corrected chi connectivity index (χ2v) is 4.29. The lowest BCUT2D eigenvalue weighted by Gasteiger charge is -2.28. The van der Waals surface area contributed by atoms with Crippen LogP contribution in [0.5, 0.6) is 0 Å². The number of rotatable bonds is 6. The monoisotopic (exact) mass is 190 g/mol. The van der Waals surface area contributed by atoms with Gasteiger partial charge >= 0.3 is 0 Å². The minimum absolute atomic E-state index is 0.0118. The van der Waals surface area contributed by atoms with Crippen LogP contribution < -0.4 is 0 Å². The molecule has 0 fully saturated rings. The van der Waals surface area contributed by atoms with Crippen molar-refractivity contribution in [3.63, 3.8) is 0 Å². The van der Waals surface area contributed by atoms with E-state index in [1.165, 1.54) is 6.42 Å². The van der Waals surface area contributed by atoms with Crippen LogP contribution in [0.4, 0.5) is 0 Å². The van der Waals surface area contributed by atoms with Gasteiger partial charge in [0.25, 0.3) is 0 Å². The number of hydrogen-bond acceptors (Lipinski definition) is 2. The number of thiol groups is 1. The summed E-state index contributed by atoms with van der Waals surface area (Å²) in [6.07, 6.45) is 2.33. The lowest BCUT2D eigenvalue weighted by Crippen LogP contribution is -2.31. The second kappa shape index (κ2) is 5.87. The Hall–Kier alpha value is 0.310. The lowest BCUT2D eigenvalue weighted by molar-refractivity contribution is -0.0153. The number of ether oxygens (including phenoxy) is 1. The van der Waals surface area contributed by atoms with Gasteiger partial charge in [-0.2, -0.15) is 12.6 Å². The van der Waals surface area contributed by atoms with E-state index in [1.54, 1.807) is 0 Å². The van der Waals surface area contributed by atoms with Gasteiger partial charge in [0.2, 0.25) is 0 Å². The van der Waals surface area contributed by atoms with E-state index < -0.39 is 0 Å². The molecule has 12 heavy (non-hydrogen) atoms. The Morgan fingerprint density at radius 3 is 2.33 bits per heavy atom. The summed E-state index contributed by atoms with van der Waals surface area (Å²) in [5, 5.41) is 0. The van der Waals surface area contributed by atoms with Gasteiger partial charge in [0.05, 0.1) is 5.60 Å². The maximum atomic E-state index is 5.65. The van der Waals surface area contributed by atoms with E-state index in [1.807, 2.05) is 6.92 Å². The van der Waals surface area contributed by atoms with E-state index in [0.29, 0.717) is 0 Å². The molecule has 0 bridgehead atoms. The van der Waals surface area contributed by atoms with Crippen LogP contribution >= 0.6 is 12.6 Å². The fraction of sp³-hybridized carbons (Fsp3) is 1.00. The van der Waals surface area contributed by atoms with E-state index in [-0.39, 0.29) is 5.60 Å². The lowest BCUT2D eigenvalue weighted by atomic mass is 9.97. The quantitative estimate of drug-likeness (QED) is 0.633. The molecule has 0 rings (SSSR count). The Bertz CT molecular complexity index is 114. The van der Waals surface area contributed by atoms with Crippen LogP contribution in [0, 0.1) is 5.92 Å². The van der Waals surface area contributed by atoms with Crippen molar-refractivity contribution in [2.24, 2.45) is 5.92 Å². The Morgan fingerprint density at radius 1 is 1.42 bits per heavy atom. The van der Waals surface area contributed by atoms with Gasteiger partial charge in [-0.05, 0) is 32.6 Å². The van der Waals surface area contributed by atoms with E-state index >= 15 is 0 Å². The first kappa shape index (κ1) is 12.3. The molecule has 0 aromatic carbocycles. The van der Waals surface area contributed by atoms with Gasteiger partial charge in [0.15, 0.2) is 0 Å². The van der Waals surface area contributed by atoms with Gasteiger partial charge in [-0.15, -0.1) is 0 Å². The second-order valence-electron chi connectivity index (χ2n) is 3.97. The minimum atomic E-state index is -0.0118. The molecule has 0 amide bonds. The van der Waals surface area contributed by atoms with E-state index in [0.717, 1.165) is 24.7 Å². The van der Waals surface area contributed by atoms with Crippen molar-refractivity contribution in [3.05, 3.63) is 0 Å². The summed E-state index contributed by atoms with van der Waals surface area (Å²) >= 11 is 4.31. The Kier molecular flexibility index (Phi) is 6.02. The highest BCUT2D eigenvalue weighted by Gasteiger charge is 2.22. The molecule has 0 N–H and O–H groups in total. The highest BCUT2D eigenvalue weighted by atomic mass is 32.1. The summed E-state index contributed by atoms with van der Waals surface area (Å²) in [6, 6.07) is 0. The molecular weight excluding hydrogens is 168 g/mol.